The fourth-order valence-electron chi connectivity index (χ4n) is 3.44. The van der Waals surface area contributed by atoms with Gasteiger partial charge in [-0.3, -0.25) is 4.90 Å². The van der Waals surface area contributed by atoms with Gasteiger partial charge < -0.3 is 5.73 Å². The van der Waals surface area contributed by atoms with Gasteiger partial charge in [0, 0.05) is 24.7 Å². The van der Waals surface area contributed by atoms with E-state index in [1.54, 1.807) is 0 Å². The molecule has 1 aliphatic heterocycles. The summed E-state index contributed by atoms with van der Waals surface area (Å²) in [4.78, 5) is 2.70. The van der Waals surface area contributed by atoms with Crippen molar-refractivity contribution in [2.45, 2.75) is 63.5 Å². The highest BCUT2D eigenvalue weighted by atomic mass is 15.2. The smallest absolute Gasteiger partial charge is 0.0210 e. The number of hydrogen-bond acceptors (Lipinski definition) is 2. The first kappa shape index (κ1) is 10.4. The molecule has 14 heavy (non-hydrogen) atoms. The van der Waals surface area contributed by atoms with E-state index in [0.717, 1.165) is 6.54 Å². The van der Waals surface area contributed by atoms with E-state index < -0.39 is 0 Å². The molecule has 2 heteroatoms. The van der Waals surface area contributed by atoms with Crippen LogP contribution in [0.4, 0.5) is 0 Å². The van der Waals surface area contributed by atoms with Crippen molar-refractivity contribution in [2.75, 3.05) is 13.1 Å². The monoisotopic (exact) mass is 196 g/mol. The Bertz CT molecular complexity index is 185. The van der Waals surface area contributed by atoms with Crippen molar-refractivity contribution in [1.82, 2.24) is 4.90 Å². The van der Waals surface area contributed by atoms with Gasteiger partial charge in [0.15, 0.2) is 0 Å². The lowest BCUT2D eigenvalue weighted by molar-refractivity contribution is 0.109. The molecule has 1 heterocycles. The van der Waals surface area contributed by atoms with Crippen molar-refractivity contribution in [3.8, 4) is 0 Å². The van der Waals surface area contributed by atoms with Crippen LogP contribution in [0.1, 0.15) is 51.9 Å². The summed E-state index contributed by atoms with van der Waals surface area (Å²) in [6.07, 6.45) is 9.65. The van der Waals surface area contributed by atoms with Crippen LogP contribution in [0.15, 0.2) is 0 Å². The van der Waals surface area contributed by atoms with E-state index in [1.807, 2.05) is 0 Å². The molecule has 0 amide bonds. The Labute approximate surface area is 87.8 Å². The van der Waals surface area contributed by atoms with Crippen LogP contribution in [0.25, 0.3) is 0 Å². The maximum atomic E-state index is 6.01. The molecule has 2 fully saturated rings. The van der Waals surface area contributed by atoms with Crippen molar-refractivity contribution in [3.05, 3.63) is 0 Å². The molecular weight excluding hydrogens is 172 g/mol. The fraction of sp³-hybridized carbons (Fsp3) is 1.00. The molecule has 1 saturated heterocycles. The first-order valence-corrected chi connectivity index (χ1v) is 6.27. The summed E-state index contributed by atoms with van der Waals surface area (Å²) in [5.41, 5.74) is 6.56. The topological polar surface area (TPSA) is 29.3 Å². The Kier molecular flexibility index (Phi) is 3.13. The molecule has 2 nitrogen and oxygen atoms in total. The number of rotatable bonds is 3. The molecule has 2 aliphatic rings. The van der Waals surface area contributed by atoms with E-state index in [0.29, 0.717) is 11.6 Å². The Morgan fingerprint density at radius 2 is 2.07 bits per heavy atom. The Balaban J connectivity index is 2.02. The highest BCUT2D eigenvalue weighted by molar-refractivity contribution is 4.98. The molecule has 0 aromatic carbocycles. The number of likely N-dealkylation sites (tertiary alicyclic amines) is 1. The van der Waals surface area contributed by atoms with Crippen LogP contribution in [-0.2, 0) is 0 Å². The van der Waals surface area contributed by atoms with Gasteiger partial charge in [-0.25, -0.2) is 0 Å². The molecule has 0 aromatic rings. The molecule has 82 valence electrons. The van der Waals surface area contributed by atoms with Gasteiger partial charge in [0.2, 0.25) is 0 Å². The molecule has 0 radical (unpaired) electrons. The highest BCUT2D eigenvalue weighted by Crippen LogP contribution is 2.40. The third-order valence-electron chi connectivity index (χ3n) is 4.15. The average Bonchev–Trinajstić information content (AvgIpc) is 2.75. The summed E-state index contributed by atoms with van der Waals surface area (Å²) in [6, 6.07) is 0.448. The quantitative estimate of drug-likeness (QED) is 0.749. The van der Waals surface area contributed by atoms with Gasteiger partial charge in [0.1, 0.15) is 0 Å². The summed E-state index contributed by atoms with van der Waals surface area (Å²) in [7, 11) is 0. The third kappa shape index (κ3) is 1.82. The zero-order chi connectivity index (χ0) is 10.0. The molecule has 0 spiro atoms. The predicted octanol–water partition coefficient (Wildman–Crippen LogP) is 2.13. The summed E-state index contributed by atoms with van der Waals surface area (Å²) in [5, 5.41) is 0. The third-order valence-corrected chi connectivity index (χ3v) is 4.15. The Morgan fingerprint density at radius 1 is 1.36 bits per heavy atom. The molecule has 2 rings (SSSR count). The van der Waals surface area contributed by atoms with Crippen molar-refractivity contribution in [1.29, 1.82) is 0 Å². The largest absolute Gasteiger partial charge is 0.326 e. The summed E-state index contributed by atoms with van der Waals surface area (Å²) < 4.78 is 0. The molecule has 1 unspecified atom stereocenters. The van der Waals surface area contributed by atoms with Crippen LogP contribution in [0, 0.1) is 0 Å². The van der Waals surface area contributed by atoms with Gasteiger partial charge in [-0.05, 0) is 25.7 Å². The average molecular weight is 196 g/mol. The van der Waals surface area contributed by atoms with E-state index in [1.165, 1.54) is 51.5 Å². The van der Waals surface area contributed by atoms with Crippen molar-refractivity contribution in [2.24, 2.45) is 5.73 Å². The van der Waals surface area contributed by atoms with Crippen LogP contribution in [0.5, 0.6) is 0 Å². The van der Waals surface area contributed by atoms with Crippen LogP contribution < -0.4 is 5.73 Å². The Morgan fingerprint density at radius 3 is 2.57 bits per heavy atom. The summed E-state index contributed by atoms with van der Waals surface area (Å²) in [5.74, 6) is 0. The summed E-state index contributed by atoms with van der Waals surface area (Å²) >= 11 is 0. The molecule has 2 N–H and O–H groups in total. The molecule has 1 aliphatic carbocycles. The molecule has 1 saturated carbocycles. The molecule has 0 aromatic heterocycles. The van der Waals surface area contributed by atoms with Crippen LogP contribution >= 0.6 is 0 Å². The van der Waals surface area contributed by atoms with Crippen LogP contribution in [-0.4, -0.2) is 29.6 Å². The molecule has 0 bridgehead atoms. The van der Waals surface area contributed by atoms with E-state index in [2.05, 4.69) is 11.8 Å². The minimum atomic E-state index is 0.448. The second kappa shape index (κ2) is 4.19. The maximum Gasteiger partial charge on any atom is 0.0210 e. The van der Waals surface area contributed by atoms with Crippen LogP contribution in [0.2, 0.25) is 0 Å². The van der Waals surface area contributed by atoms with Gasteiger partial charge in [0.25, 0.3) is 0 Å². The van der Waals surface area contributed by atoms with E-state index >= 15 is 0 Å². The van der Waals surface area contributed by atoms with Crippen molar-refractivity contribution in [3.63, 3.8) is 0 Å². The molecular formula is C12H24N2. The van der Waals surface area contributed by atoms with Gasteiger partial charge in [-0.1, -0.05) is 26.2 Å². The second-order valence-corrected chi connectivity index (χ2v) is 5.18. The fourth-order valence-corrected chi connectivity index (χ4v) is 3.44. The minimum Gasteiger partial charge on any atom is -0.326 e. The highest BCUT2D eigenvalue weighted by Gasteiger charge is 2.40. The van der Waals surface area contributed by atoms with Crippen molar-refractivity contribution >= 4 is 0 Å². The van der Waals surface area contributed by atoms with E-state index in [-0.39, 0.29) is 0 Å². The second-order valence-electron chi connectivity index (χ2n) is 5.18. The predicted molar refractivity (Wildman–Crippen MR) is 60.3 cm³/mol. The lowest BCUT2D eigenvalue weighted by Crippen LogP contribution is -2.46. The normalized spacial score (nSPS) is 32.6. The van der Waals surface area contributed by atoms with Gasteiger partial charge >= 0.3 is 0 Å². The lowest BCUT2D eigenvalue weighted by atomic mass is 9.90. The first-order chi connectivity index (χ1) is 6.77. The summed E-state index contributed by atoms with van der Waals surface area (Å²) in [6.45, 7) is 4.72. The van der Waals surface area contributed by atoms with Gasteiger partial charge in [-0.2, -0.15) is 0 Å². The van der Waals surface area contributed by atoms with Gasteiger partial charge in [-0.15, -0.1) is 0 Å². The Hall–Kier alpha value is -0.0800. The SMILES string of the molecule is CCCC1(N2CCC(N)C2)CCCC1. The first-order valence-electron chi connectivity index (χ1n) is 6.27. The number of nitrogens with zero attached hydrogens (tertiary/aromatic N) is 1. The zero-order valence-corrected chi connectivity index (χ0v) is 9.47. The molecule has 1 atom stereocenters. The number of hydrogen-bond donors (Lipinski definition) is 1. The van der Waals surface area contributed by atoms with Crippen molar-refractivity contribution < 1.29 is 0 Å². The van der Waals surface area contributed by atoms with E-state index in [4.69, 9.17) is 5.73 Å². The zero-order valence-electron chi connectivity index (χ0n) is 9.47. The number of nitrogens with two attached hydrogens (primary N) is 1. The lowest BCUT2D eigenvalue weighted by Gasteiger charge is -2.39. The van der Waals surface area contributed by atoms with Gasteiger partial charge in [0.05, 0.1) is 0 Å². The van der Waals surface area contributed by atoms with E-state index in [9.17, 15) is 0 Å². The minimum absolute atomic E-state index is 0.448. The maximum absolute atomic E-state index is 6.01. The standard InChI is InChI=1S/C12H24N2/c1-2-6-12(7-3-4-8-12)14-9-5-11(13)10-14/h11H,2-10,13H2,1H3. The van der Waals surface area contributed by atoms with Crippen LogP contribution in [0.3, 0.4) is 0 Å².